The van der Waals surface area contributed by atoms with Crippen LogP contribution >= 0.6 is 0 Å². The molecule has 0 radical (unpaired) electrons. The van der Waals surface area contributed by atoms with E-state index in [4.69, 9.17) is 4.74 Å². The summed E-state index contributed by atoms with van der Waals surface area (Å²) in [5, 5.41) is 10.9. The SMILES string of the molecule is COc1cccc(C[NH+]2CC[NH+](Cc3cccc([N+](=O)[O-])c3)CC2)c1. The van der Waals surface area contributed by atoms with Gasteiger partial charge < -0.3 is 14.5 Å². The zero-order valence-electron chi connectivity index (χ0n) is 14.5. The maximum absolute atomic E-state index is 10.9. The average Bonchev–Trinajstić information content (AvgIpc) is 2.64. The number of nitro groups is 1. The van der Waals surface area contributed by atoms with E-state index in [1.807, 2.05) is 18.2 Å². The highest BCUT2D eigenvalue weighted by Crippen LogP contribution is 2.12. The predicted molar refractivity (Wildman–Crippen MR) is 94.9 cm³/mol. The van der Waals surface area contributed by atoms with Gasteiger partial charge in [0.15, 0.2) is 0 Å². The normalized spacial score (nSPS) is 20.2. The van der Waals surface area contributed by atoms with Gasteiger partial charge in [0.1, 0.15) is 45.0 Å². The molecule has 0 saturated carbocycles. The molecule has 6 nitrogen and oxygen atoms in total. The van der Waals surface area contributed by atoms with Crippen LogP contribution in [0.15, 0.2) is 48.5 Å². The van der Waals surface area contributed by atoms with Crippen LogP contribution in [0.3, 0.4) is 0 Å². The summed E-state index contributed by atoms with van der Waals surface area (Å²) < 4.78 is 5.29. The molecule has 3 rings (SSSR count). The van der Waals surface area contributed by atoms with Crippen LogP contribution in [0, 0.1) is 10.1 Å². The van der Waals surface area contributed by atoms with Crippen molar-refractivity contribution in [3.8, 4) is 5.75 Å². The van der Waals surface area contributed by atoms with Crippen LogP contribution in [0.4, 0.5) is 5.69 Å². The lowest BCUT2D eigenvalue weighted by Gasteiger charge is -2.29. The first-order valence-electron chi connectivity index (χ1n) is 8.67. The van der Waals surface area contributed by atoms with Crippen molar-refractivity contribution in [2.24, 2.45) is 0 Å². The van der Waals surface area contributed by atoms with Crippen molar-refractivity contribution in [1.29, 1.82) is 0 Å². The van der Waals surface area contributed by atoms with E-state index in [0.717, 1.165) is 50.6 Å². The highest BCUT2D eigenvalue weighted by molar-refractivity contribution is 5.33. The van der Waals surface area contributed by atoms with Crippen LogP contribution in [0.2, 0.25) is 0 Å². The number of piperazine rings is 1. The van der Waals surface area contributed by atoms with Crippen LogP contribution in [-0.2, 0) is 13.1 Å². The van der Waals surface area contributed by atoms with Gasteiger partial charge in [0.2, 0.25) is 0 Å². The minimum atomic E-state index is -0.324. The number of ether oxygens (including phenoxy) is 1. The summed E-state index contributed by atoms with van der Waals surface area (Å²) in [6, 6.07) is 15.3. The van der Waals surface area contributed by atoms with Crippen LogP contribution in [0.1, 0.15) is 11.1 Å². The Hall–Kier alpha value is -2.44. The third-order valence-corrected chi connectivity index (χ3v) is 4.83. The Balaban J connectivity index is 1.51. The first-order valence-corrected chi connectivity index (χ1v) is 8.67. The second-order valence-corrected chi connectivity index (χ2v) is 6.63. The van der Waals surface area contributed by atoms with Gasteiger partial charge in [-0.15, -0.1) is 0 Å². The van der Waals surface area contributed by atoms with E-state index in [1.165, 1.54) is 10.5 Å². The van der Waals surface area contributed by atoms with Gasteiger partial charge in [-0.25, -0.2) is 0 Å². The molecule has 0 aliphatic carbocycles. The predicted octanol–water partition coefficient (Wildman–Crippen LogP) is 0.0870. The summed E-state index contributed by atoms with van der Waals surface area (Å²) in [4.78, 5) is 13.6. The maximum Gasteiger partial charge on any atom is 0.269 e. The average molecular weight is 343 g/mol. The third-order valence-electron chi connectivity index (χ3n) is 4.83. The first-order chi connectivity index (χ1) is 12.1. The molecule has 1 fully saturated rings. The van der Waals surface area contributed by atoms with Gasteiger partial charge in [0.25, 0.3) is 5.69 Å². The van der Waals surface area contributed by atoms with Crippen molar-refractivity contribution in [3.05, 3.63) is 69.8 Å². The number of nitrogens with zero attached hydrogens (tertiary/aromatic N) is 1. The molecule has 6 heteroatoms. The maximum atomic E-state index is 10.9. The Morgan fingerprint density at radius 3 is 2.08 bits per heavy atom. The second-order valence-electron chi connectivity index (χ2n) is 6.63. The molecule has 0 aromatic heterocycles. The molecule has 0 atom stereocenters. The monoisotopic (exact) mass is 343 g/mol. The number of non-ortho nitro benzene ring substituents is 1. The van der Waals surface area contributed by atoms with E-state index in [1.54, 1.807) is 30.2 Å². The Bertz CT molecular complexity index is 727. The minimum absolute atomic E-state index is 0.180. The number of hydrogen-bond acceptors (Lipinski definition) is 3. The fourth-order valence-electron chi connectivity index (χ4n) is 3.45. The molecule has 0 amide bonds. The van der Waals surface area contributed by atoms with Crippen molar-refractivity contribution >= 4 is 5.69 Å². The summed E-state index contributed by atoms with van der Waals surface area (Å²) >= 11 is 0. The number of rotatable bonds is 6. The van der Waals surface area contributed by atoms with E-state index in [9.17, 15) is 10.1 Å². The lowest BCUT2D eigenvalue weighted by molar-refractivity contribution is -1.02. The highest BCUT2D eigenvalue weighted by atomic mass is 16.6. The van der Waals surface area contributed by atoms with E-state index in [2.05, 4.69) is 12.1 Å². The molecule has 2 aromatic rings. The number of quaternary nitrogens is 2. The molecule has 1 aliphatic heterocycles. The molecule has 1 saturated heterocycles. The Labute approximate surface area is 147 Å². The number of methoxy groups -OCH3 is 1. The molecule has 0 spiro atoms. The fraction of sp³-hybridized carbons (Fsp3) is 0.368. The number of hydrogen-bond donors (Lipinski definition) is 2. The standard InChI is InChI=1S/C19H23N3O3/c1-25-19-7-3-5-17(13-19)15-21-10-8-20(9-11-21)14-16-4-2-6-18(12-16)22(23)24/h2-7,12-13H,8-11,14-15H2,1H3/p+2. The fourth-order valence-corrected chi connectivity index (χ4v) is 3.45. The lowest BCUT2D eigenvalue weighted by atomic mass is 10.1. The molecule has 2 N–H and O–H groups in total. The third kappa shape index (κ3) is 4.78. The van der Waals surface area contributed by atoms with Crippen molar-refractivity contribution < 1.29 is 19.5 Å². The summed E-state index contributed by atoms with van der Waals surface area (Å²) in [6.07, 6.45) is 0. The van der Waals surface area contributed by atoms with Crippen LogP contribution in [0.25, 0.3) is 0 Å². The molecule has 1 aliphatic rings. The van der Waals surface area contributed by atoms with Crippen molar-refractivity contribution in [2.75, 3.05) is 33.3 Å². The smallest absolute Gasteiger partial charge is 0.269 e. The zero-order valence-corrected chi connectivity index (χ0v) is 14.5. The Morgan fingerprint density at radius 2 is 1.52 bits per heavy atom. The number of benzene rings is 2. The largest absolute Gasteiger partial charge is 0.497 e. The van der Waals surface area contributed by atoms with E-state index in [-0.39, 0.29) is 10.6 Å². The van der Waals surface area contributed by atoms with Gasteiger partial charge in [-0.2, -0.15) is 0 Å². The molecule has 1 heterocycles. The van der Waals surface area contributed by atoms with Gasteiger partial charge in [-0.1, -0.05) is 24.3 Å². The van der Waals surface area contributed by atoms with Gasteiger partial charge in [-0.05, 0) is 12.1 Å². The summed E-state index contributed by atoms with van der Waals surface area (Å²) in [6.45, 7) is 6.27. The van der Waals surface area contributed by atoms with Crippen LogP contribution in [0.5, 0.6) is 5.75 Å². The molecule has 0 bridgehead atoms. The van der Waals surface area contributed by atoms with Gasteiger partial charge >= 0.3 is 0 Å². The van der Waals surface area contributed by atoms with Gasteiger partial charge in [0.05, 0.1) is 12.0 Å². The molecule has 132 valence electrons. The van der Waals surface area contributed by atoms with Crippen LogP contribution in [-0.4, -0.2) is 38.2 Å². The molecule has 2 aromatic carbocycles. The van der Waals surface area contributed by atoms with Crippen molar-refractivity contribution in [1.82, 2.24) is 0 Å². The zero-order chi connectivity index (χ0) is 17.6. The van der Waals surface area contributed by atoms with Crippen LogP contribution < -0.4 is 14.5 Å². The second kappa shape index (κ2) is 8.09. The van der Waals surface area contributed by atoms with Gasteiger partial charge in [-0.3, -0.25) is 10.1 Å². The molecular formula is C19H25N3O3+2. The van der Waals surface area contributed by atoms with Crippen molar-refractivity contribution in [3.63, 3.8) is 0 Å². The minimum Gasteiger partial charge on any atom is -0.497 e. The molecular weight excluding hydrogens is 318 g/mol. The number of nitro benzene ring substituents is 1. The summed E-state index contributed by atoms with van der Waals surface area (Å²) in [5.74, 6) is 0.909. The highest BCUT2D eigenvalue weighted by Gasteiger charge is 2.23. The van der Waals surface area contributed by atoms with E-state index in [0.29, 0.717) is 0 Å². The molecule has 25 heavy (non-hydrogen) atoms. The number of nitrogens with one attached hydrogen (secondary N) is 2. The van der Waals surface area contributed by atoms with E-state index >= 15 is 0 Å². The van der Waals surface area contributed by atoms with E-state index < -0.39 is 0 Å². The first kappa shape index (κ1) is 17.4. The Kier molecular flexibility index (Phi) is 5.63. The lowest BCUT2D eigenvalue weighted by Crippen LogP contribution is -3.27. The Morgan fingerprint density at radius 1 is 0.960 bits per heavy atom. The van der Waals surface area contributed by atoms with Crippen molar-refractivity contribution in [2.45, 2.75) is 13.1 Å². The summed E-state index contributed by atoms with van der Waals surface area (Å²) in [5.41, 5.74) is 2.52. The topological polar surface area (TPSA) is 61.2 Å². The molecule has 0 unspecified atom stereocenters. The summed E-state index contributed by atoms with van der Waals surface area (Å²) in [7, 11) is 1.70. The quantitative estimate of drug-likeness (QED) is 0.577. The van der Waals surface area contributed by atoms with Gasteiger partial charge in [0, 0.05) is 23.3 Å².